The van der Waals surface area contributed by atoms with Crippen LogP contribution >= 0.6 is 11.6 Å². The molecule has 0 aliphatic carbocycles. The smallest absolute Gasteiger partial charge is 0.118 e. The van der Waals surface area contributed by atoms with E-state index < -0.39 is 0 Å². The molecule has 0 aromatic heterocycles. The molecule has 1 unspecified atom stereocenters. The molecular formula is C16H18ClNO. The summed E-state index contributed by atoms with van der Waals surface area (Å²) in [5, 5.41) is 0.748. The summed E-state index contributed by atoms with van der Waals surface area (Å²) in [5.41, 5.74) is 9.74. The van der Waals surface area contributed by atoms with Gasteiger partial charge in [0.1, 0.15) is 5.75 Å². The van der Waals surface area contributed by atoms with E-state index in [1.165, 1.54) is 5.56 Å². The highest BCUT2D eigenvalue weighted by Crippen LogP contribution is 2.23. The minimum Gasteiger partial charge on any atom is -0.497 e. The van der Waals surface area contributed by atoms with Crippen LogP contribution in [0.25, 0.3) is 0 Å². The Morgan fingerprint density at radius 1 is 1.16 bits per heavy atom. The van der Waals surface area contributed by atoms with Crippen molar-refractivity contribution in [2.24, 2.45) is 5.73 Å². The van der Waals surface area contributed by atoms with Crippen molar-refractivity contribution in [1.82, 2.24) is 0 Å². The Bertz CT molecular complexity index is 551. The molecular weight excluding hydrogens is 258 g/mol. The van der Waals surface area contributed by atoms with E-state index in [9.17, 15) is 0 Å². The van der Waals surface area contributed by atoms with Crippen LogP contribution in [0.1, 0.15) is 22.7 Å². The molecule has 100 valence electrons. The number of halogens is 1. The Morgan fingerprint density at radius 3 is 2.42 bits per heavy atom. The summed E-state index contributed by atoms with van der Waals surface area (Å²) in [6.07, 6.45) is 0.798. The molecule has 0 spiro atoms. The molecule has 0 radical (unpaired) electrons. The largest absolute Gasteiger partial charge is 0.497 e. The van der Waals surface area contributed by atoms with Crippen molar-refractivity contribution in [2.45, 2.75) is 19.4 Å². The lowest BCUT2D eigenvalue weighted by atomic mass is 9.96. The van der Waals surface area contributed by atoms with Crippen LogP contribution in [0.4, 0.5) is 0 Å². The molecule has 3 heteroatoms. The Labute approximate surface area is 119 Å². The average Bonchev–Trinajstić information content (AvgIpc) is 2.39. The normalized spacial score (nSPS) is 12.2. The van der Waals surface area contributed by atoms with Crippen LogP contribution in [0.5, 0.6) is 5.75 Å². The van der Waals surface area contributed by atoms with Crippen LogP contribution in [0, 0.1) is 6.92 Å². The summed E-state index contributed by atoms with van der Waals surface area (Å²) in [6, 6.07) is 13.8. The summed E-state index contributed by atoms with van der Waals surface area (Å²) in [6.45, 7) is 2.04. The molecule has 0 fully saturated rings. The van der Waals surface area contributed by atoms with E-state index in [0.717, 1.165) is 28.3 Å². The molecule has 0 amide bonds. The van der Waals surface area contributed by atoms with Gasteiger partial charge in [0.05, 0.1) is 7.11 Å². The minimum atomic E-state index is -0.0225. The standard InChI is InChI=1S/C16H18ClNO/c1-11-9-13(17)5-8-15(11)16(18)10-12-3-6-14(19-2)7-4-12/h3-9,16H,10,18H2,1-2H3. The predicted molar refractivity (Wildman–Crippen MR) is 79.8 cm³/mol. The zero-order valence-corrected chi connectivity index (χ0v) is 11.9. The molecule has 0 bridgehead atoms. The van der Waals surface area contributed by atoms with E-state index in [-0.39, 0.29) is 6.04 Å². The Balaban J connectivity index is 2.13. The van der Waals surface area contributed by atoms with E-state index in [2.05, 4.69) is 0 Å². The highest BCUT2D eigenvalue weighted by molar-refractivity contribution is 6.30. The molecule has 0 aliphatic rings. The van der Waals surface area contributed by atoms with Gasteiger partial charge >= 0.3 is 0 Å². The molecule has 2 aromatic carbocycles. The molecule has 2 aromatic rings. The van der Waals surface area contributed by atoms with E-state index in [1.54, 1.807) is 7.11 Å². The predicted octanol–water partition coefficient (Wildman–Crippen LogP) is 3.90. The van der Waals surface area contributed by atoms with Gasteiger partial charge in [-0.2, -0.15) is 0 Å². The van der Waals surface area contributed by atoms with E-state index in [1.807, 2.05) is 49.4 Å². The van der Waals surface area contributed by atoms with Crippen LogP contribution in [-0.4, -0.2) is 7.11 Å². The second-order valence-corrected chi connectivity index (χ2v) is 5.10. The first-order valence-electron chi connectivity index (χ1n) is 6.24. The van der Waals surface area contributed by atoms with Crippen LogP contribution in [0.2, 0.25) is 5.02 Å². The van der Waals surface area contributed by atoms with Gasteiger partial charge in [-0.3, -0.25) is 0 Å². The monoisotopic (exact) mass is 275 g/mol. The van der Waals surface area contributed by atoms with Crippen LogP contribution in [0.15, 0.2) is 42.5 Å². The molecule has 19 heavy (non-hydrogen) atoms. The summed E-state index contributed by atoms with van der Waals surface area (Å²) < 4.78 is 5.15. The van der Waals surface area contributed by atoms with Gasteiger partial charge in [0.25, 0.3) is 0 Å². The van der Waals surface area contributed by atoms with Crippen molar-refractivity contribution in [1.29, 1.82) is 0 Å². The first-order chi connectivity index (χ1) is 9.10. The summed E-state index contributed by atoms with van der Waals surface area (Å²) in [5.74, 6) is 0.861. The number of hydrogen-bond acceptors (Lipinski definition) is 2. The van der Waals surface area contributed by atoms with E-state index in [4.69, 9.17) is 22.1 Å². The number of rotatable bonds is 4. The van der Waals surface area contributed by atoms with Gasteiger partial charge in [-0.05, 0) is 54.3 Å². The van der Waals surface area contributed by atoms with Crippen LogP contribution in [-0.2, 0) is 6.42 Å². The molecule has 0 saturated heterocycles. The summed E-state index contributed by atoms with van der Waals surface area (Å²) in [7, 11) is 1.66. The van der Waals surface area contributed by atoms with Crippen molar-refractivity contribution in [3.63, 3.8) is 0 Å². The fourth-order valence-corrected chi connectivity index (χ4v) is 2.41. The van der Waals surface area contributed by atoms with Gasteiger partial charge in [0.2, 0.25) is 0 Å². The van der Waals surface area contributed by atoms with Crippen LogP contribution in [0.3, 0.4) is 0 Å². The van der Waals surface area contributed by atoms with Crippen molar-refractivity contribution in [3.05, 3.63) is 64.2 Å². The molecule has 2 nitrogen and oxygen atoms in total. The lowest BCUT2D eigenvalue weighted by Gasteiger charge is -2.15. The molecule has 0 heterocycles. The molecule has 1 atom stereocenters. The molecule has 0 saturated carbocycles. The quantitative estimate of drug-likeness (QED) is 0.918. The lowest BCUT2D eigenvalue weighted by molar-refractivity contribution is 0.414. The first-order valence-corrected chi connectivity index (χ1v) is 6.62. The molecule has 2 rings (SSSR count). The number of nitrogens with two attached hydrogens (primary N) is 1. The van der Waals surface area contributed by atoms with E-state index in [0.29, 0.717) is 0 Å². The molecule has 0 aliphatic heterocycles. The summed E-state index contributed by atoms with van der Waals surface area (Å²) in [4.78, 5) is 0. The highest BCUT2D eigenvalue weighted by Gasteiger charge is 2.10. The Kier molecular flexibility index (Phi) is 4.46. The maximum Gasteiger partial charge on any atom is 0.118 e. The SMILES string of the molecule is COc1ccc(CC(N)c2ccc(Cl)cc2C)cc1. The van der Waals surface area contributed by atoms with Gasteiger partial charge in [-0.1, -0.05) is 29.8 Å². The van der Waals surface area contributed by atoms with E-state index >= 15 is 0 Å². The highest BCUT2D eigenvalue weighted by atomic mass is 35.5. The maximum absolute atomic E-state index is 6.27. The number of aryl methyl sites for hydroxylation is 1. The summed E-state index contributed by atoms with van der Waals surface area (Å²) >= 11 is 5.96. The van der Waals surface area contributed by atoms with Crippen molar-refractivity contribution in [3.8, 4) is 5.75 Å². The Hall–Kier alpha value is -1.51. The van der Waals surface area contributed by atoms with Crippen molar-refractivity contribution >= 4 is 11.6 Å². The topological polar surface area (TPSA) is 35.2 Å². The van der Waals surface area contributed by atoms with Gasteiger partial charge in [0, 0.05) is 11.1 Å². The fourth-order valence-electron chi connectivity index (χ4n) is 2.18. The van der Waals surface area contributed by atoms with Crippen molar-refractivity contribution in [2.75, 3.05) is 7.11 Å². The minimum absolute atomic E-state index is 0.0225. The third kappa shape index (κ3) is 3.49. The number of ether oxygens (including phenoxy) is 1. The van der Waals surface area contributed by atoms with Crippen molar-refractivity contribution < 1.29 is 4.74 Å². The number of hydrogen-bond donors (Lipinski definition) is 1. The maximum atomic E-state index is 6.27. The lowest BCUT2D eigenvalue weighted by Crippen LogP contribution is -2.14. The second-order valence-electron chi connectivity index (χ2n) is 4.66. The zero-order valence-electron chi connectivity index (χ0n) is 11.2. The van der Waals surface area contributed by atoms with Gasteiger partial charge in [-0.25, -0.2) is 0 Å². The van der Waals surface area contributed by atoms with Gasteiger partial charge < -0.3 is 10.5 Å². The Morgan fingerprint density at radius 2 is 1.84 bits per heavy atom. The number of methoxy groups -OCH3 is 1. The zero-order chi connectivity index (χ0) is 13.8. The first kappa shape index (κ1) is 13.9. The number of benzene rings is 2. The van der Waals surface area contributed by atoms with Gasteiger partial charge in [-0.15, -0.1) is 0 Å². The third-order valence-electron chi connectivity index (χ3n) is 3.25. The van der Waals surface area contributed by atoms with Gasteiger partial charge in [0.15, 0.2) is 0 Å². The average molecular weight is 276 g/mol. The third-order valence-corrected chi connectivity index (χ3v) is 3.48. The van der Waals surface area contributed by atoms with Crippen LogP contribution < -0.4 is 10.5 Å². The molecule has 2 N–H and O–H groups in total. The second kappa shape index (κ2) is 6.09. The fraction of sp³-hybridized carbons (Fsp3) is 0.250.